The number of likely N-dealkylation sites (tertiary alicyclic amines) is 1. The predicted octanol–water partition coefficient (Wildman–Crippen LogP) is 2.31. The zero-order valence-electron chi connectivity index (χ0n) is 12.5. The van der Waals surface area contributed by atoms with Gasteiger partial charge in [0.1, 0.15) is 6.54 Å². The molecule has 3 fully saturated rings. The Hall–Kier alpha value is -1.88. The van der Waals surface area contributed by atoms with Crippen molar-refractivity contribution in [2.24, 2.45) is 23.7 Å². The molecule has 1 saturated heterocycles. The van der Waals surface area contributed by atoms with Crippen LogP contribution in [-0.4, -0.2) is 29.2 Å². The van der Waals surface area contributed by atoms with Gasteiger partial charge in [-0.15, -0.1) is 0 Å². The summed E-state index contributed by atoms with van der Waals surface area (Å²) in [4.78, 5) is 38.4. The van der Waals surface area contributed by atoms with E-state index in [1.54, 1.807) is 24.3 Å². The number of carbonyl (C=O) groups excluding carboxylic acids is 3. The zero-order chi connectivity index (χ0) is 16.1. The Kier molecular flexibility index (Phi) is 3.41. The average molecular weight is 333 g/mol. The third-order valence-electron chi connectivity index (χ3n) is 5.43. The number of carbonyl (C=O) groups is 3. The van der Waals surface area contributed by atoms with Gasteiger partial charge in [-0.1, -0.05) is 17.7 Å². The van der Waals surface area contributed by atoms with E-state index in [2.05, 4.69) is 5.32 Å². The molecule has 3 aliphatic rings. The van der Waals surface area contributed by atoms with Gasteiger partial charge in [0.05, 0.1) is 11.8 Å². The highest BCUT2D eigenvalue weighted by Gasteiger charge is 2.60. The van der Waals surface area contributed by atoms with Gasteiger partial charge in [0.2, 0.25) is 17.7 Å². The number of anilines is 1. The average Bonchev–Trinajstić information content (AvgIpc) is 3.17. The lowest BCUT2D eigenvalue weighted by Crippen LogP contribution is -2.39. The summed E-state index contributed by atoms with van der Waals surface area (Å²) in [6.45, 7) is -0.212. The number of amides is 3. The summed E-state index contributed by atoms with van der Waals surface area (Å²) in [5.41, 5.74) is 0.557. The number of halogens is 1. The normalized spacial score (nSPS) is 31.6. The highest BCUT2D eigenvalue weighted by atomic mass is 35.5. The topological polar surface area (TPSA) is 66.5 Å². The van der Waals surface area contributed by atoms with Gasteiger partial charge in [0, 0.05) is 10.7 Å². The molecule has 3 amide bonds. The molecule has 4 rings (SSSR count). The molecule has 1 heterocycles. The summed E-state index contributed by atoms with van der Waals surface area (Å²) in [7, 11) is 0. The summed E-state index contributed by atoms with van der Waals surface area (Å²) in [5.74, 6) is -0.381. The molecule has 0 spiro atoms. The molecule has 6 heteroatoms. The Morgan fingerprint density at radius 2 is 1.83 bits per heavy atom. The number of fused-ring (bicyclic) bond motifs is 5. The Bertz CT molecular complexity index is 677. The van der Waals surface area contributed by atoms with Gasteiger partial charge in [-0.05, 0) is 49.3 Å². The standard InChI is InChI=1S/C17H17ClN2O3/c18-11-2-1-3-12(7-11)19-13(21)8-20-16(22)14-9-4-5-10(6-9)15(14)17(20)23/h1-3,7,9-10,14-15H,4-6,8H2,(H,19,21)/t9-,10+,14+,15-. The molecular formula is C17H17ClN2O3. The molecule has 1 N–H and O–H groups in total. The van der Waals surface area contributed by atoms with Crippen LogP contribution in [0.15, 0.2) is 24.3 Å². The van der Waals surface area contributed by atoms with Crippen molar-refractivity contribution in [2.45, 2.75) is 19.3 Å². The van der Waals surface area contributed by atoms with Crippen LogP contribution in [0.4, 0.5) is 5.69 Å². The van der Waals surface area contributed by atoms with E-state index in [1.807, 2.05) is 0 Å². The van der Waals surface area contributed by atoms with E-state index in [0.29, 0.717) is 22.5 Å². The first-order valence-corrected chi connectivity index (χ1v) is 8.33. The number of benzene rings is 1. The first kappa shape index (κ1) is 14.7. The van der Waals surface area contributed by atoms with Gasteiger partial charge in [-0.2, -0.15) is 0 Å². The maximum atomic E-state index is 12.5. The number of imide groups is 1. The van der Waals surface area contributed by atoms with E-state index in [0.717, 1.165) is 24.2 Å². The zero-order valence-corrected chi connectivity index (χ0v) is 13.3. The molecule has 23 heavy (non-hydrogen) atoms. The second kappa shape index (κ2) is 5.34. The van der Waals surface area contributed by atoms with Crippen LogP contribution in [0, 0.1) is 23.7 Å². The summed E-state index contributed by atoms with van der Waals surface area (Å²) in [6, 6.07) is 6.78. The van der Waals surface area contributed by atoms with Gasteiger partial charge in [0.15, 0.2) is 0 Å². The molecule has 0 aromatic heterocycles. The Morgan fingerprint density at radius 1 is 1.17 bits per heavy atom. The van der Waals surface area contributed by atoms with E-state index >= 15 is 0 Å². The van der Waals surface area contributed by atoms with Crippen molar-refractivity contribution in [3.63, 3.8) is 0 Å². The molecule has 4 atom stereocenters. The van der Waals surface area contributed by atoms with Crippen LogP contribution >= 0.6 is 11.6 Å². The molecule has 2 saturated carbocycles. The quantitative estimate of drug-likeness (QED) is 0.864. The first-order valence-electron chi connectivity index (χ1n) is 7.95. The lowest BCUT2D eigenvalue weighted by Gasteiger charge is -2.19. The van der Waals surface area contributed by atoms with Crippen molar-refractivity contribution in [1.82, 2.24) is 4.90 Å². The van der Waals surface area contributed by atoms with Gasteiger partial charge >= 0.3 is 0 Å². The number of nitrogens with one attached hydrogen (secondary N) is 1. The van der Waals surface area contributed by atoms with Crippen LogP contribution in [0.5, 0.6) is 0 Å². The minimum absolute atomic E-state index is 0.159. The van der Waals surface area contributed by atoms with Crippen LogP contribution in [0.3, 0.4) is 0 Å². The van der Waals surface area contributed by atoms with Crippen LogP contribution in [0.1, 0.15) is 19.3 Å². The third-order valence-corrected chi connectivity index (χ3v) is 5.66. The van der Waals surface area contributed by atoms with E-state index in [9.17, 15) is 14.4 Å². The Balaban J connectivity index is 1.46. The van der Waals surface area contributed by atoms with Crippen LogP contribution < -0.4 is 5.32 Å². The Morgan fingerprint density at radius 3 is 2.43 bits per heavy atom. The van der Waals surface area contributed by atoms with Gasteiger partial charge in [-0.3, -0.25) is 19.3 Å². The molecule has 2 bridgehead atoms. The van der Waals surface area contributed by atoms with Gasteiger partial charge < -0.3 is 5.32 Å². The van der Waals surface area contributed by atoms with E-state index in [-0.39, 0.29) is 36.1 Å². The summed E-state index contributed by atoms with van der Waals surface area (Å²) >= 11 is 5.88. The van der Waals surface area contributed by atoms with Crippen LogP contribution in [0.25, 0.3) is 0 Å². The molecule has 5 nitrogen and oxygen atoms in total. The monoisotopic (exact) mass is 332 g/mol. The first-order chi connectivity index (χ1) is 11.0. The van der Waals surface area contributed by atoms with Gasteiger partial charge in [-0.25, -0.2) is 0 Å². The molecule has 0 radical (unpaired) electrons. The molecule has 1 aromatic carbocycles. The minimum Gasteiger partial charge on any atom is -0.324 e. The number of hydrogen-bond donors (Lipinski definition) is 1. The molecule has 0 unspecified atom stereocenters. The van der Waals surface area contributed by atoms with Crippen LogP contribution in [-0.2, 0) is 14.4 Å². The second-order valence-corrected chi connectivity index (χ2v) is 7.14. The van der Waals surface area contributed by atoms with Crippen LogP contribution in [0.2, 0.25) is 5.02 Å². The summed E-state index contributed by atoms with van der Waals surface area (Å²) < 4.78 is 0. The lowest BCUT2D eigenvalue weighted by molar-refractivity contribution is -0.143. The lowest BCUT2D eigenvalue weighted by atomic mass is 9.81. The number of nitrogens with zero attached hydrogens (tertiary/aromatic N) is 1. The van der Waals surface area contributed by atoms with Crippen molar-refractivity contribution in [1.29, 1.82) is 0 Å². The van der Waals surface area contributed by atoms with Crippen molar-refractivity contribution < 1.29 is 14.4 Å². The number of rotatable bonds is 3. The smallest absolute Gasteiger partial charge is 0.244 e. The fourth-order valence-corrected chi connectivity index (χ4v) is 4.73. The third kappa shape index (κ3) is 2.34. The molecular weight excluding hydrogens is 316 g/mol. The van der Waals surface area contributed by atoms with E-state index in [1.165, 1.54) is 0 Å². The predicted molar refractivity (Wildman–Crippen MR) is 84.6 cm³/mol. The van der Waals surface area contributed by atoms with Crippen molar-refractivity contribution in [2.75, 3.05) is 11.9 Å². The van der Waals surface area contributed by atoms with Crippen molar-refractivity contribution >= 4 is 35.0 Å². The summed E-state index contributed by atoms with van der Waals surface area (Å²) in [5, 5.41) is 3.20. The largest absolute Gasteiger partial charge is 0.324 e. The molecule has 120 valence electrons. The van der Waals surface area contributed by atoms with E-state index < -0.39 is 0 Å². The SMILES string of the molecule is O=C(CN1C(=O)[C@@H]2[C@H]3CC[C@H](C3)[C@@H]2C1=O)Nc1cccc(Cl)c1. The fraction of sp³-hybridized carbons (Fsp3) is 0.471. The highest BCUT2D eigenvalue weighted by molar-refractivity contribution is 6.30. The minimum atomic E-state index is -0.374. The molecule has 2 aliphatic carbocycles. The molecule has 1 aromatic rings. The fourth-order valence-electron chi connectivity index (χ4n) is 4.54. The maximum Gasteiger partial charge on any atom is 0.244 e. The number of hydrogen-bond acceptors (Lipinski definition) is 3. The van der Waals surface area contributed by atoms with Crippen molar-refractivity contribution in [3.8, 4) is 0 Å². The maximum absolute atomic E-state index is 12.5. The Labute approximate surface area is 139 Å². The van der Waals surface area contributed by atoms with Crippen molar-refractivity contribution in [3.05, 3.63) is 29.3 Å². The molecule has 1 aliphatic heterocycles. The van der Waals surface area contributed by atoms with Gasteiger partial charge in [0.25, 0.3) is 0 Å². The second-order valence-electron chi connectivity index (χ2n) is 6.71. The summed E-state index contributed by atoms with van der Waals surface area (Å²) in [6.07, 6.45) is 3.07. The highest BCUT2D eigenvalue weighted by Crippen LogP contribution is 2.56. The van der Waals surface area contributed by atoms with E-state index in [4.69, 9.17) is 11.6 Å².